The summed E-state index contributed by atoms with van der Waals surface area (Å²) in [7, 11) is 0. The van der Waals surface area contributed by atoms with Crippen LogP contribution >= 0.6 is 0 Å². The fourth-order valence-corrected chi connectivity index (χ4v) is 6.60. The zero-order chi connectivity index (χ0) is 35.3. The molecule has 0 amide bonds. The highest BCUT2D eigenvalue weighted by Gasteiger charge is 2.15. The number of hydrogen-bond acceptors (Lipinski definition) is 6. The van der Waals surface area contributed by atoms with Crippen LogP contribution in [0.4, 0.5) is 0 Å². The minimum Gasteiger partial charge on any atom is -0.462 e. The van der Waals surface area contributed by atoms with Crippen LogP contribution in [0.2, 0.25) is 0 Å². The molecule has 0 radical (unpaired) electrons. The van der Waals surface area contributed by atoms with E-state index in [-0.39, 0.29) is 30.8 Å². The standard InChI is InChI=1S/C42H83NO5/c1-5-9-12-15-18-23-30-39(8-4)47-41(45)33-26-21-28-35-43(37-38-44)36-29-22-27-34-42(46)48-40(31-24-19-16-13-10-6-2)32-25-20-17-14-11-7-3/h39-40,44H,5-38H2,1-4H3. The van der Waals surface area contributed by atoms with Gasteiger partial charge in [0.2, 0.25) is 0 Å². The Hall–Kier alpha value is -1.14. The molecule has 0 aliphatic heterocycles. The molecule has 48 heavy (non-hydrogen) atoms. The van der Waals surface area contributed by atoms with Crippen molar-refractivity contribution >= 4 is 11.9 Å². The lowest BCUT2D eigenvalue weighted by Crippen LogP contribution is -2.29. The molecule has 0 aliphatic carbocycles. The third-order valence-corrected chi connectivity index (χ3v) is 9.82. The number of ether oxygens (including phenoxy) is 2. The van der Waals surface area contributed by atoms with E-state index in [2.05, 4.69) is 32.6 Å². The van der Waals surface area contributed by atoms with Crippen LogP contribution in [0.25, 0.3) is 0 Å². The zero-order valence-corrected chi connectivity index (χ0v) is 32.7. The van der Waals surface area contributed by atoms with Crippen molar-refractivity contribution in [2.75, 3.05) is 26.2 Å². The smallest absolute Gasteiger partial charge is 0.306 e. The first kappa shape index (κ1) is 46.9. The highest BCUT2D eigenvalue weighted by atomic mass is 16.5. The van der Waals surface area contributed by atoms with Gasteiger partial charge in [0.15, 0.2) is 0 Å². The molecule has 0 aromatic carbocycles. The highest BCUT2D eigenvalue weighted by molar-refractivity contribution is 5.69. The number of carbonyl (C=O) groups excluding carboxylic acids is 2. The molecule has 1 N–H and O–H groups in total. The number of unbranched alkanes of at least 4 members (excludes halogenated alkanes) is 19. The van der Waals surface area contributed by atoms with E-state index in [9.17, 15) is 14.7 Å². The van der Waals surface area contributed by atoms with Crippen LogP contribution in [0.5, 0.6) is 0 Å². The maximum atomic E-state index is 12.7. The predicted octanol–water partition coefficient (Wildman–Crippen LogP) is 11.9. The Kier molecular flexibility index (Phi) is 36.2. The van der Waals surface area contributed by atoms with E-state index < -0.39 is 0 Å². The fourth-order valence-electron chi connectivity index (χ4n) is 6.60. The molecule has 0 bridgehead atoms. The number of rotatable bonds is 38. The summed E-state index contributed by atoms with van der Waals surface area (Å²) in [5.41, 5.74) is 0. The summed E-state index contributed by atoms with van der Waals surface area (Å²) < 4.78 is 11.8. The quantitative estimate of drug-likeness (QED) is 0.0516. The largest absolute Gasteiger partial charge is 0.462 e. The normalized spacial score (nSPS) is 12.2. The number of nitrogens with zero attached hydrogens (tertiary/aromatic N) is 1. The van der Waals surface area contributed by atoms with Crippen molar-refractivity contribution in [1.29, 1.82) is 0 Å². The minimum atomic E-state index is -0.0466. The van der Waals surface area contributed by atoms with Crippen LogP contribution in [0.1, 0.15) is 220 Å². The molecule has 0 aliphatic rings. The lowest BCUT2D eigenvalue weighted by molar-refractivity contribution is -0.150. The second-order valence-electron chi connectivity index (χ2n) is 14.5. The third-order valence-electron chi connectivity index (χ3n) is 9.82. The first-order valence-corrected chi connectivity index (χ1v) is 21.2. The molecular weight excluding hydrogens is 598 g/mol. The summed E-state index contributed by atoms with van der Waals surface area (Å²) in [5, 5.41) is 9.56. The van der Waals surface area contributed by atoms with Gasteiger partial charge in [0.05, 0.1) is 6.61 Å². The van der Waals surface area contributed by atoms with Gasteiger partial charge in [-0.15, -0.1) is 0 Å². The number of carbonyl (C=O) groups is 2. The second kappa shape index (κ2) is 37.1. The molecule has 286 valence electrons. The second-order valence-corrected chi connectivity index (χ2v) is 14.5. The minimum absolute atomic E-state index is 0.0182. The van der Waals surface area contributed by atoms with Crippen LogP contribution < -0.4 is 0 Å². The molecule has 0 fully saturated rings. The van der Waals surface area contributed by atoms with E-state index in [4.69, 9.17) is 9.47 Å². The van der Waals surface area contributed by atoms with Gasteiger partial charge in [0.1, 0.15) is 12.2 Å². The Morgan fingerprint density at radius 1 is 0.458 bits per heavy atom. The van der Waals surface area contributed by atoms with Gasteiger partial charge in [0, 0.05) is 19.4 Å². The summed E-state index contributed by atoms with van der Waals surface area (Å²) in [5.74, 6) is -0.0647. The summed E-state index contributed by atoms with van der Waals surface area (Å²) in [6, 6.07) is 0. The van der Waals surface area contributed by atoms with Crippen molar-refractivity contribution in [3.8, 4) is 0 Å². The molecule has 0 rings (SSSR count). The summed E-state index contributed by atoms with van der Waals surface area (Å²) in [4.78, 5) is 27.4. The molecule has 0 aromatic rings. The van der Waals surface area contributed by atoms with Crippen molar-refractivity contribution < 1.29 is 24.2 Å². The predicted molar refractivity (Wildman–Crippen MR) is 204 cm³/mol. The monoisotopic (exact) mass is 682 g/mol. The van der Waals surface area contributed by atoms with Gasteiger partial charge in [-0.1, -0.05) is 137 Å². The Balaban J connectivity index is 4.20. The van der Waals surface area contributed by atoms with Crippen LogP contribution in [0.3, 0.4) is 0 Å². The van der Waals surface area contributed by atoms with E-state index in [0.29, 0.717) is 19.4 Å². The van der Waals surface area contributed by atoms with Gasteiger partial charge in [-0.3, -0.25) is 9.59 Å². The van der Waals surface area contributed by atoms with Crippen molar-refractivity contribution in [3.63, 3.8) is 0 Å². The van der Waals surface area contributed by atoms with Gasteiger partial charge in [0.25, 0.3) is 0 Å². The Morgan fingerprint density at radius 2 is 0.812 bits per heavy atom. The van der Waals surface area contributed by atoms with Crippen LogP contribution in [-0.4, -0.2) is 60.4 Å². The topological polar surface area (TPSA) is 76.1 Å². The Morgan fingerprint density at radius 3 is 1.21 bits per heavy atom. The maximum absolute atomic E-state index is 12.7. The van der Waals surface area contributed by atoms with E-state index in [0.717, 1.165) is 83.7 Å². The Labute approximate surface area is 299 Å². The molecular formula is C42H83NO5. The number of esters is 2. The van der Waals surface area contributed by atoms with Crippen molar-refractivity contribution in [1.82, 2.24) is 4.90 Å². The lowest BCUT2D eigenvalue weighted by atomic mass is 10.0. The molecule has 1 unspecified atom stereocenters. The first-order chi connectivity index (χ1) is 23.5. The molecule has 0 heterocycles. The van der Waals surface area contributed by atoms with E-state index >= 15 is 0 Å². The lowest BCUT2D eigenvalue weighted by Gasteiger charge is -2.21. The van der Waals surface area contributed by atoms with Crippen LogP contribution in [0, 0.1) is 0 Å². The average Bonchev–Trinajstić information content (AvgIpc) is 3.08. The first-order valence-electron chi connectivity index (χ1n) is 21.2. The van der Waals surface area contributed by atoms with Gasteiger partial charge in [-0.2, -0.15) is 0 Å². The summed E-state index contributed by atoms with van der Waals surface area (Å²) in [6.45, 7) is 11.6. The summed E-state index contributed by atoms with van der Waals surface area (Å²) in [6.07, 6.45) is 33.7. The van der Waals surface area contributed by atoms with Crippen molar-refractivity contribution in [3.05, 3.63) is 0 Å². The fraction of sp³-hybridized carbons (Fsp3) is 0.952. The number of hydrogen-bond donors (Lipinski definition) is 1. The van der Waals surface area contributed by atoms with Gasteiger partial charge in [-0.25, -0.2) is 0 Å². The summed E-state index contributed by atoms with van der Waals surface area (Å²) >= 11 is 0. The van der Waals surface area contributed by atoms with E-state index in [1.54, 1.807) is 0 Å². The molecule has 6 heteroatoms. The average molecular weight is 682 g/mol. The molecule has 0 spiro atoms. The molecule has 0 saturated heterocycles. The third kappa shape index (κ3) is 32.1. The van der Waals surface area contributed by atoms with E-state index in [1.165, 1.54) is 109 Å². The zero-order valence-electron chi connectivity index (χ0n) is 32.7. The SMILES string of the molecule is CCCCCCCCC(CC)OC(=O)CCCCCN(CCO)CCCCCC(=O)OC(CCCCCCCC)CCCCCCCC. The van der Waals surface area contributed by atoms with Gasteiger partial charge in [-0.05, 0) is 83.7 Å². The number of aliphatic hydroxyl groups excluding tert-OH is 1. The molecule has 1 atom stereocenters. The molecule has 0 saturated carbocycles. The van der Waals surface area contributed by atoms with Crippen LogP contribution in [-0.2, 0) is 19.1 Å². The van der Waals surface area contributed by atoms with Crippen LogP contribution in [0.15, 0.2) is 0 Å². The van der Waals surface area contributed by atoms with Gasteiger partial charge < -0.3 is 19.5 Å². The van der Waals surface area contributed by atoms with Gasteiger partial charge >= 0.3 is 11.9 Å². The maximum Gasteiger partial charge on any atom is 0.306 e. The van der Waals surface area contributed by atoms with E-state index in [1.807, 2.05) is 0 Å². The molecule has 6 nitrogen and oxygen atoms in total. The Bertz CT molecular complexity index is 671. The van der Waals surface area contributed by atoms with Crippen molar-refractivity contribution in [2.24, 2.45) is 0 Å². The van der Waals surface area contributed by atoms with Crippen molar-refractivity contribution in [2.45, 2.75) is 233 Å². The molecule has 0 aromatic heterocycles. The number of aliphatic hydroxyl groups is 1. The highest BCUT2D eigenvalue weighted by Crippen LogP contribution is 2.19.